The first kappa shape index (κ1) is 15.3. The number of hydrogen-bond acceptors (Lipinski definition) is 5. The van der Waals surface area contributed by atoms with E-state index in [2.05, 4.69) is 15.8 Å². The number of ether oxygens (including phenoxy) is 1. The van der Waals surface area contributed by atoms with Gasteiger partial charge < -0.3 is 14.5 Å². The molecule has 0 fully saturated rings. The smallest absolute Gasteiger partial charge is 0.329 e. The van der Waals surface area contributed by atoms with Crippen molar-refractivity contribution in [3.63, 3.8) is 0 Å². The van der Waals surface area contributed by atoms with Crippen LogP contribution in [0, 0.1) is 6.92 Å². The number of nitrogens with zero attached hydrogens (tertiary/aromatic N) is 1. The van der Waals surface area contributed by atoms with Gasteiger partial charge in [-0.25, -0.2) is 5.43 Å². The summed E-state index contributed by atoms with van der Waals surface area (Å²) >= 11 is 0. The van der Waals surface area contributed by atoms with Crippen molar-refractivity contribution in [2.24, 2.45) is 5.10 Å². The maximum Gasteiger partial charge on any atom is 0.329 e. The fourth-order valence-corrected chi connectivity index (χ4v) is 1.59. The van der Waals surface area contributed by atoms with Crippen LogP contribution in [0.4, 0.5) is 5.69 Å². The summed E-state index contributed by atoms with van der Waals surface area (Å²) in [7, 11) is 1.54. The lowest BCUT2D eigenvalue weighted by Gasteiger charge is -2.04. The number of nitrogens with one attached hydrogen (secondary N) is 2. The maximum absolute atomic E-state index is 11.7. The van der Waals surface area contributed by atoms with Gasteiger partial charge in [-0.2, -0.15) is 5.10 Å². The fraction of sp³-hybridized carbons (Fsp3) is 0.133. The third kappa shape index (κ3) is 4.20. The number of aryl methyl sites for hydroxylation is 1. The monoisotopic (exact) mass is 301 g/mol. The molecular weight excluding hydrogens is 286 g/mol. The number of furan rings is 1. The Morgan fingerprint density at radius 1 is 1.14 bits per heavy atom. The third-order valence-electron chi connectivity index (χ3n) is 2.67. The van der Waals surface area contributed by atoms with Crippen LogP contribution in [0.5, 0.6) is 5.75 Å². The number of amides is 2. The molecule has 7 heteroatoms. The summed E-state index contributed by atoms with van der Waals surface area (Å²) in [6.07, 6.45) is 1.31. The van der Waals surface area contributed by atoms with Gasteiger partial charge in [-0.1, -0.05) is 0 Å². The van der Waals surface area contributed by atoms with Crippen molar-refractivity contribution in [3.05, 3.63) is 47.9 Å². The molecule has 0 aliphatic carbocycles. The summed E-state index contributed by atoms with van der Waals surface area (Å²) < 4.78 is 10.2. The molecule has 2 N–H and O–H groups in total. The van der Waals surface area contributed by atoms with E-state index in [4.69, 9.17) is 9.15 Å². The zero-order chi connectivity index (χ0) is 15.9. The molecule has 0 radical (unpaired) electrons. The highest BCUT2D eigenvalue weighted by atomic mass is 16.5. The number of carbonyl (C=O) groups is 2. The van der Waals surface area contributed by atoms with Gasteiger partial charge in [0.25, 0.3) is 0 Å². The van der Waals surface area contributed by atoms with Gasteiger partial charge in [0.1, 0.15) is 17.3 Å². The van der Waals surface area contributed by atoms with Gasteiger partial charge in [-0.05, 0) is 43.3 Å². The van der Waals surface area contributed by atoms with Crippen molar-refractivity contribution in [1.82, 2.24) is 5.43 Å². The van der Waals surface area contributed by atoms with Gasteiger partial charge in [-0.15, -0.1) is 0 Å². The van der Waals surface area contributed by atoms with E-state index < -0.39 is 11.8 Å². The van der Waals surface area contributed by atoms with Gasteiger partial charge in [0.2, 0.25) is 0 Å². The van der Waals surface area contributed by atoms with Crippen LogP contribution >= 0.6 is 0 Å². The summed E-state index contributed by atoms with van der Waals surface area (Å²) in [5.41, 5.74) is 2.60. The van der Waals surface area contributed by atoms with Gasteiger partial charge in [0.15, 0.2) is 0 Å². The van der Waals surface area contributed by atoms with Crippen molar-refractivity contribution in [2.45, 2.75) is 6.92 Å². The van der Waals surface area contributed by atoms with Crippen LogP contribution in [0.15, 0.2) is 45.9 Å². The molecule has 1 aromatic carbocycles. The van der Waals surface area contributed by atoms with Crippen LogP contribution in [0.2, 0.25) is 0 Å². The van der Waals surface area contributed by atoms with E-state index in [9.17, 15) is 9.59 Å². The normalized spacial score (nSPS) is 10.5. The number of benzene rings is 1. The van der Waals surface area contributed by atoms with E-state index in [1.54, 1.807) is 50.4 Å². The summed E-state index contributed by atoms with van der Waals surface area (Å²) in [5.74, 6) is 0.160. The number of hydrogen-bond donors (Lipinski definition) is 2. The van der Waals surface area contributed by atoms with Crippen LogP contribution in [0.1, 0.15) is 11.5 Å². The quantitative estimate of drug-likeness (QED) is 0.510. The van der Waals surface area contributed by atoms with Gasteiger partial charge >= 0.3 is 11.8 Å². The van der Waals surface area contributed by atoms with Crippen molar-refractivity contribution in [1.29, 1.82) is 0 Å². The number of carbonyl (C=O) groups excluding carboxylic acids is 2. The molecule has 2 aromatic rings. The Morgan fingerprint density at radius 3 is 2.45 bits per heavy atom. The predicted molar refractivity (Wildman–Crippen MR) is 80.8 cm³/mol. The highest BCUT2D eigenvalue weighted by Gasteiger charge is 2.12. The molecule has 1 aromatic heterocycles. The van der Waals surface area contributed by atoms with Crippen LogP contribution in [0.25, 0.3) is 0 Å². The molecule has 2 rings (SSSR count). The highest BCUT2D eigenvalue weighted by molar-refractivity contribution is 6.39. The Balaban J connectivity index is 1.86. The molecular formula is C15H15N3O4. The van der Waals surface area contributed by atoms with Crippen molar-refractivity contribution >= 4 is 23.7 Å². The SMILES string of the molecule is COc1ccc(NC(=O)C(=O)NN=Cc2ccc(C)o2)cc1. The van der Waals surface area contributed by atoms with E-state index in [1.807, 2.05) is 0 Å². The molecule has 0 saturated heterocycles. The molecule has 2 amide bonds. The second-order valence-electron chi connectivity index (χ2n) is 4.33. The molecule has 0 unspecified atom stereocenters. The second kappa shape index (κ2) is 7.07. The lowest BCUT2D eigenvalue weighted by molar-refractivity contribution is -0.136. The number of anilines is 1. The molecule has 0 saturated carbocycles. The lowest BCUT2D eigenvalue weighted by atomic mass is 10.3. The highest BCUT2D eigenvalue weighted by Crippen LogP contribution is 2.14. The summed E-state index contributed by atoms with van der Waals surface area (Å²) in [4.78, 5) is 23.2. The summed E-state index contributed by atoms with van der Waals surface area (Å²) in [5, 5.41) is 6.09. The standard InChI is InChI=1S/C15H15N3O4/c1-10-3-6-13(22-10)9-16-18-15(20)14(19)17-11-4-7-12(21-2)8-5-11/h3-9H,1-2H3,(H,17,19)(H,18,20). The topological polar surface area (TPSA) is 92.9 Å². The Morgan fingerprint density at radius 2 is 1.86 bits per heavy atom. The predicted octanol–water partition coefficient (Wildman–Crippen LogP) is 1.69. The number of hydrazone groups is 1. The van der Waals surface area contributed by atoms with Gasteiger partial charge in [-0.3, -0.25) is 9.59 Å². The second-order valence-corrected chi connectivity index (χ2v) is 4.33. The van der Waals surface area contributed by atoms with Crippen LogP contribution in [-0.4, -0.2) is 25.1 Å². The molecule has 114 valence electrons. The molecule has 0 aliphatic heterocycles. The van der Waals surface area contributed by atoms with E-state index >= 15 is 0 Å². The number of methoxy groups -OCH3 is 1. The first-order valence-electron chi connectivity index (χ1n) is 6.43. The Hall–Kier alpha value is -3.09. The van der Waals surface area contributed by atoms with Gasteiger partial charge in [0, 0.05) is 5.69 Å². The summed E-state index contributed by atoms with van der Waals surface area (Å²) in [6.45, 7) is 1.79. The van der Waals surface area contributed by atoms with Crippen molar-refractivity contribution in [3.8, 4) is 5.75 Å². The molecule has 0 atom stereocenters. The number of rotatable bonds is 4. The average molecular weight is 301 g/mol. The minimum absolute atomic E-state index is 0.478. The minimum atomic E-state index is -0.879. The Kier molecular flexibility index (Phi) is 4.92. The van der Waals surface area contributed by atoms with Crippen molar-refractivity contribution in [2.75, 3.05) is 12.4 Å². The summed E-state index contributed by atoms with van der Waals surface area (Å²) in [6, 6.07) is 10.1. The average Bonchev–Trinajstić information content (AvgIpc) is 2.93. The lowest BCUT2D eigenvalue weighted by Crippen LogP contribution is -2.32. The Labute approximate surface area is 127 Å². The minimum Gasteiger partial charge on any atom is -0.497 e. The van der Waals surface area contributed by atoms with Crippen LogP contribution < -0.4 is 15.5 Å². The first-order valence-corrected chi connectivity index (χ1v) is 6.43. The van der Waals surface area contributed by atoms with E-state index in [0.29, 0.717) is 17.2 Å². The molecule has 1 heterocycles. The molecule has 0 bridgehead atoms. The molecule has 0 aliphatic rings. The van der Waals surface area contributed by atoms with E-state index in [-0.39, 0.29) is 0 Å². The van der Waals surface area contributed by atoms with Crippen molar-refractivity contribution < 1.29 is 18.7 Å². The van der Waals surface area contributed by atoms with E-state index in [1.165, 1.54) is 6.21 Å². The molecule has 0 spiro atoms. The maximum atomic E-state index is 11.7. The zero-order valence-corrected chi connectivity index (χ0v) is 12.1. The largest absolute Gasteiger partial charge is 0.497 e. The van der Waals surface area contributed by atoms with Crippen LogP contribution in [-0.2, 0) is 9.59 Å². The fourth-order valence-electron chi connectivity index (χ4n) is 1.59. The van der Waals surface area contributed by atoms with Crippen LogP contribution in [0.3, 0.4) is 0 Å². The van der Waals surface area contributed by atoms with E-state index in [0.717, 1.165) is 5.76 Å². The Bertz CT molecular complexity index is 689. The third-order valence-corrected chi connectivity index (χ3v) is 2.67. The molecule has 7 nitrogen and oxygen atoms in total. The zero-order valence-electron chi connectivity index (χ0n) is 12.1. The first-order chi connectivity index (χ1) is 10.6. The molecule has 22 heavy (non-hydrogen) atoms. The van der Waals surface area contributed by atoms with Gasteiger partial charge in [0.05, 0.1) is 13.3 Å².